The molecule has 0 aliphatic heterocycles. The normalized spacial score (nSPS) is 18.5. The SMILES string of the molecule is Cc1cc(N(C)C)cc(N[C@H]2CC[C@@H](NC(=O)Cc3cccc4ccccc34)CC2)n1. The van der Waals surface area contributed by atoms with Crippen molar-refractivity contribution in [3.05, 3.63) is 65.9 Å². The summed E-state index contributed by atoms with van der Waals surface area (Å²) in [4.78, 5) is 19.4. The Labute approximate surface area is 184 Å². The summed E-state index contributed by atoms with van der Waals surface area (Å²) in [5.41, 5.74) is 3.26. The number of rotatable bonds is 6. The van der Waals surface area contributed by atoms with Crippen molar-refractivity contribution in [3.63, 3.8) is 0 Å². The first-order valence-electron chi connectivity index (χ1n) is 11.2. The van der Waals surface area contributed by atoms with E-state index >= 15 is 0 Å². The van der Waals surface area contributed by atoms with Crippen molar-refractivity contribution in [1.29, 1.82) is 0 Å². The number of aryl methyl sites for hydroxylation is 1. The fourth-order valence-electron chi connectivity index (χ4n) is 4.47. The van der Waals surface area contributed by atoms with Crippen LogP contribution >= 0.6 is 0 Å². The van der Waals surface area contributed by atoms with Gasteiger partial charge in [-0.05, 0) is 55.0 Å². The molecule has 1 aliphatic rings. The Bertz CT molecular complexity index is 1050. The Morgan fingerprint density at radius 3 is 2.48 bits per heavy atom. The van der Waals surface area contributed by atoms with Gasteiger partial charge in [-0.1, -0.05) is 42.5 Å². The third kappa shape index (κ3) is 5.35. The Hall–Kier alpha value is -3.08. The van der Waals surface area contributed by atoms with Crippen LogP contribution in [0.2, 0.25) is 0 Å². The predicted molar refractivity (Wildman–Crippen MR) is 129 cm³/mol. The molecule has 1 fully saturated rings. The summed E-state index contributed by atoms with van der Waals surface area (Å²) >= 11 is 0. The molecule has 4 rings (SSSR count). The molecule has 162 valence electrons. The first-order chi connectivity index (χ1) is 15.0. The molecule has 1 heterocycles. The summed E-state index contributed by atoms with van der Waals surface area (Å²) in [7, 11) is 4.09. The average Bonchev–Trinajstić information content (AvgIpc) is 2.75. The lowest BCUT2D eigenvalue weighted by Crippen LogP contribution is -2.40. The van der Waals surface area contributed by atoms with Crippen LogP contribution in [0.4, 0.5) is 11.5 Å². The number of fused-ring (bicyclic) bond motifs is 1. The van der Waals surface area contributed by atoms with Gasteiger partial charge in [0.15, 0.2) is 0 Å². The number of carbonyl (C=O) groups is 1. The van der Waals surface area contributed by atoms with Crippen molar-refractivity contribution >= 4 is 28.2 Å². The summed E-state index contributed by atoms with van der Waals surface area (Å²) in [6.07, 6.45) is 4.48. The second-order valence-corrected chi connectivity index (χ2v) is 8.82. The Morgan fingerprint density at radius 1 is 1.00 bits per heavy atom. The van der Waals surface area contributed by atoms with Crippen molar-refractivity contribution in [3.8, 4) is 0 Å². The van der Waals surface area contributed by atoms with E-state index in [-0.39, 0.29) is 11.9 Å². The van der Waals surface area contributed by atoms with Crippen molar-refractivity contribution < 1.29 is 4.79 Å². The topological polar surface area (TPSA) is 57.3 Å². The van der Waals surface area contributed by atoms with Crippen molar-refractivity contribution in [1.82, 2.24) is 10.3 Å². The Morgan fingerprint density at radius 2 is 1.71 bits per heavy atom. The fourth-order valence-corrected chi connectivity index (χ4v) is 4.47. The van der Waals surface area contributed by atoms with Crippen molar-refractivity contribution in [2.45, 2.75) is 51.1 Å². The maximum absolute atomic E-state index is 12.7. The van der Waals surface area contributed by atoms with Crippen LogP contribution in [0, 0.1) is 6.92 Å². The van der Waals surface area contributed by atoms with E-state index in [1.807, 2.05) is 39.2 Å². The minimum atomic E-state index is 0.115. The van der Waals surface area contributed by atoms with E-state index in [2.05, 4.69) is 56.9 Å². The average molecular weight is 417 g/mol. The van der Waals surface area contributed by atoms with E-state index in [9.17, 15) is 4.79 Å². The van der Waals surface area contributed by atoms with Gasteiger partial charge >= 0.3 is 0 Å². The molecule has 31 heavy (non-hydrogen) atoms. The highest BCUT2D eigenvalue weighted by Crippen LogP contribution is 2.25. The zero-order chi connectivity index (χ0) is 21.8. The Kier molecular flexibility index (Phi) is 6.40. The summed E-state index contributed by atoms with van der Waals surface area (Å²) in [6.45, 7) is 2.03. The summed E-state index contributed by atoms with van der Waals surface area (Å²) in [6, 6.07) is 19.3. The van der Waals surface area contributed by atoms with Crippen LogP contribution in [0.3, 0.4) is 0 Å². The molecule has 0 spiro atoms. The number of anilines is 2. The van der Waals surface area contributed by atoms with E-state index in [0.717, 1.165) is 53.8 Å². The molecule has 1 aliphatic carbocycles. The lowest BCUT2D eigenvalue weighted by atomic mass is 9.91. The van der Waals surface area contributed by atoms with Gasteiger partial charge in [0.2, 0.25) is 5.91 Å². The van der Waals surface area contributed by atoms with Crippen LogP contribution in [0.5, 0.6) is 0 Å². The van der Waals surface area contributed by atoms with Gasteiger partial charge in [0.05, 0.1) is 6.42 Å². The van der Waals surface area contributed by atoms with E-state index < -0.39 is 0 Å². The van der Waals surface area contributed by atoms with E-state index in [1.54, 1.807) is 0 Å². The monoisotopic (exact) mass is 416 g/mol. The Balaban J connectivity index is 1.30. The smallest absolute Gasteiger partial charge is 0.224 e. The lowest BCUT2D eigenvalue weighted by molar-refractivity contribution is -0.121. The second-order valence-electron chi connectivity index (χ2n) is 8.82. The largest absolute Gasteiger partial charge is 0.377 e. The number of amides is 1. The fraction of sp³-hybridized carbons (Fsp3) is 0.385. The standard InChI is InChI=1S/C26H32N4O/c1-18-15-23(30(2)3)17-25(27-18)28-21-11-13-22(14-12-21)29-26(31)16-20-9-6-8-19-7-4-5-10-24(19)20/h4-10,15,17,21-22H,11-14,16H2,1-3H3,(H,27,28)(H,29,31)/t21-,22+. The van der Waals surface area contributed by atoms with Crippen LogP contribution in [0.15, 0.2) is 54.6 Å². The van der Waals surface area contributed by atoms with Crippen molar-refractivity contribution in [2.24, 2.45) is 0 Å². The molecule has 2 N–H and O–H groups in total. The van der Waals surface area contributed by atoms with Gasteiger partial charge in [-0.15, -0.1) is 0 Å². The highest BCUT2D eigenvalue weighted by molar-refractivity contribution is 5.90. The number of nitrogens with one attached hydrogen (secondary N) is 2. The van der Waals surface area contributed by atoms with Crippen molar-refractivity contribution in [2.75, 3.05) is 24.3 Å². The molecule has 1 aromatic heterocycles. The molecule has 1 amide bonds. The van der Waals surface area contributed by atoms with E-state index in [1.165, 1.54) is 5.39 Å². The molecule has 1 saturated carbocycles. The van der Waals surface area contributed by atoms with Crippen LogP contribution in [-0.4, -0.2) is 37.1 Å². The maximum Gasteiger partial charge on any atom is 0.224 e. The minimum Gasteiger partial charge on any atom is -0.377 e. The number of benzene rings is 2. The molecule has 0 atom stereocenters. The predicted octanol–water partition coefficient (Wildman–Crippen LogP) is 4.69. The number of pyridine rings is 1. The molecule has 0 radical (unpaired) electrons. The zero-order valence-corrected chi connectivity index (χ0v) is 18.7. The highest BCUT2D eigenvalue weighted by atomic mass is 16.1. The van der Waals surface area contributed by atoms with Gasteiger partial charge in [0, 0.05) is 43.6 Å². The molecule has 0 bridgehead atoms. The number of hydrogen-bond acceptors (Lipinski definition) is 4. The first kappa shape index (κ1) is 21.2. The van der Waals surface area contributed by atoms with Gasteiger partial charge in [0.1, 0.15) is 5.82 Å². The summed E-state index contributed by atoms with van der Waals surface area (Å²) in [5.74, 6) is 1.05. The molecule has 3 aromatic rings. The van der Waals surface area contributed by atoms with Gasteiger partial charge in [-0.25, -0.2) is 4.98 Å². The van der Waals surface area contributed by atoms with Gasteiger partial charge in [0.25, 0.3) is 0 Å². The van der Waals surface area contributed by atoms with E-state index in [4.69, 9.17) is 0 Å². The first-order valence-corrected chi connectivity index (χ1v) is 11.2. The zero-order valence-electron chi connectivity index (χ0n) is 18.7. The molecular formula is C26H32N4O. The van der Waals surface area contributed by atoms with Crippen LogP contribution in [0.1, 0.15) is 36.9 Å². The minimum absolute atomic E-state index is 0.115. The molecule has 5 heteroatoms. The number of nitrogens with zero attached hydrogens (tertiary/aromatic N) is 2. The van der Waals surface area contributed by atoms with Crippen LogP contribution in [-0.2, 0) is 11.2 Å². The molecular weight excluding hydrogens is 384 g/mol. The van der Waals surface area contributed by atoms with Gasteiger partial charge < -0.3 is 15.5 Å². The lowest BCUT2D eigenvalue weighted by Gasteiger charge is -2.30. The molecule has 0 saturated heterocycles. The number of carbonyl (C=O) groups excluding carboxylic acids is 1. The maximum atomic E-state index is 12.7. The van der Waals surface area contributed by atoms with E-state index in [0.29, 0.717) is 12.5 Å². The van der Waals surface area contributed by atoms with Crippen LogP contribution in [0.25, 0.3) is 10.8 Å². The van der Waals surface area contributed by atoms with Gasteiger partial charge in [-0.3, -0.25) is 4.79 Å². The highest BCUT2D eigenvalue weighted by Gasteiger charge is 2.23. The number of aromatic nitrogens is 1. The van der Waals surface area contributed by atoms with Gasteiger partial charge in [-0.2, -0.15) is 0 Å². The quantitative estimate of drug-likeness (QED) is 0.612. The second kappa shape index (κ2) is 9.38. The molecule has 2 aromatic carbocycles. The van der Waals surface area contributed by atoms with Crippen LogP contribution < -0.4 is 15.5 Å². The number of hydrogen-bond donors (Lipinski definition) is 2. The summed E-state index contributed by atoms with van der Waals surface area (Å²) in [5, 5.41) is 9.21. The summed E-state index contributed by atoms with van der Waals surface area (Å²) < 4.78 is 0. The third-order valence-corrected chi connectivity index (χ3v) is 6.13. The molecule has 0 unspecified atom stereocenters. The third-order valence-electron chi connectivity index (χ3n) is 6.13. The molecule has 5 nitrogen and oxygen atoms in total.